The summed E-state index contributed by atoms with van der Waals surface area (Å²) in [5.41, 5.74) is 0.306. The summed E-state index contributed by atoms with van der Waals surface area (Å²) in [5.74, 6) is -2.04. The smallest absolute Gasteiger partial charge is 0.299 e. The summed E-state index contributed by atoms with van der Waals surface area (Å²) < 4.78 is 12.9. The second-order valence-electron chi connectivity index (χ2n) is 3.07. The number of anilines is 1. The Balaban J connectivity index is 2.56. The Morgan fingerprint density at radius 3 is 2.73 bits per heavy atom. The van der Waals surface area contributed by atoms with Gasteiger partial charge in [-0.25, -0.2) is 4.39 Å². The van der Waals surface area contributed by atoms with Crippen LogP contribution in [0, 0.1) is 5.82 Å². The molecule has 0 aromatic heterocycles. The summed E-state index contributed by atoms with van der Waals surface area (Å²) in [6.07, 6.45) is 0.491. The average Bonchev–Trinajstić information content (AvgIpc) is 2.44. The number of carbonyl (C=O) groups excluding carboxylic acids is 3. The molecule has 1 amide bonds. The van der Waals surface area contributed by atoms with Crippen LogP contribution in [0.1, 0.15) is 10.4 Å². The quantitative estimate of drug-likeness (QED) is 0.525. The predicted octanol–water partition coefficient (Wildman–Crippen LogP) is 0.554. The van der Waals surface area contributed by atoms with E-state index in [4.69, 9.17) is 0 Å². The topological polar surface area (TPSA) is 54.5 Å². The SMILES string of the molecule is O=CCN1C(=O)C(=O)c2ccc(F)cc21. The van der Waals surface area contributed by atoms with Crippen molar-refractivity contribution in [1.29, 1.82) is 0 Å². The first-order valence-electron chi connectivity index (χ1n) is 4.24. The van der Waals surface area contributed by atoms with Crippen molar-refractivity contribution >= 4 is 23.7 Å². The van der Waals surface area contributed by atoms with Crippen molar-refractivity contribution < 1.29 is 18.8 Å². The molecule has 1 aliphatic rings. The summed E-state index contributed by atoms with van der Waals surface area (Å²) in [5, 5.41) is 0. The van der Waals surface area contributed by atoms with E-state index in [9.17, 15) is 18.8 Å². The van der Waals surface area contributed by atoms with Gasteiger partial charge in [0.15, 0.2) is 0 Å². The number of hydrogen-bond donors (Lipinski definition) is 0. The highest BCUT2D eigenvalue weighted by Gasteiger charge is 2.35. The van der Waals surface area contributed by atoms with Crippen molar-refractivity contribution in [3.05, 3.63) is 29.6 Å². The molecule has 1 aromatic carbocycles. The lowest BCUT2D eigenvalue weighted by Gasteiger charge is -2.11. The maximum absolute atomic E-state index is 12.9. The lowest BCUT2D eigenvalue weighted by molar-refractivity contribution is -0.115. The van der Waals surface area contributed by atoms with Gasteiger partial charge in [-0.2, -0.15) is 0 Å². The van der Waals surface area contributed by atoms with E-state index in [0.29, 0.717) is 6.29 Å². The minimum absolute atomic E-state index is 0.142. The molecule has 0 saturated carbocycles. The monoisotopic (exact) mass is 207 g/mol. The Hall–Kier alpha value is -2.04. The van der Waals surface area contributed by atoms with Crippen molar-refractivity contribution in [3.63, 3.8) is 0 Å². The molecule has 0 unspecified atom stereocenters. The maximum Gasteiger partial charge on any atom is 0.299 e. The fourth-order valence-corrected chi connectivity index (χ4v) is 1.52. The van der Waals surface area contributed by atoms with E-state index in [1.165, 1.54) is 6.07 Å². The first-order chi connectivity index (χ1) is 7.15. The highest BCUT2D eigenvalue weighted by molar-refractivity contribution is 6.52. The first kappa shape index (κ1) is 9.51. The number of amides is 1. The number of carbonyl (C=O) groups is 3. The van der Waals surface area contributed by atoms with Crippen LogP contribution in [0.4, 0.5) is 10.1 Å². The van der Waals surface area contributed by atoms with Crippen LogP contribution in [0.2, 0.25) is 0 Å². The Morgan fingerprint density at radius 2 is 2.07 bits per heavy atom. The van der Waals surface area contributed by atoms with Gasteiger partial charge in [0.1, 0.15) is 12.1 Å². The summed E-state index contributed by atoms with van der Waals surface area (Å²) >= 11 is 0. The van der Waals surface area contributed by atoms with Crippen molar-refractivity contribution in [1.82, 2.24) is 0 Å². The predicted molar refractivity (Wildman–Crippen MR) is 49.1 cm³/mol. The molecule has 5 heteroatoms. The number of ketones is 1. The Kier molecular flexibility index (Phi) is 2.07. The molecular formula is C10H6FNO3. The van der Waals surface area contributed by atoms with Crippen molar-refractivity contribution in [2.75, 3.05) is 11.4 Å². The normalized spacial score (nSPS) is 14.3. The zero-order valence-corrected chi connectivity index (χ0v) is 7.57. The van der Waals surface area contributed by atoms with E-state index in [1.54, 1.807) is 0 Å². The Labute approximate surface area is 84.3 Å². The summed E-state index contributed by atoms with van der Waals surface area (Å²) in [6.45, 7) is -0.235. The van der Waals surface area contributed by atoms with Crippen molar-refractivity contribution in [3.8, 4) is 0 Å². The Morgan fingerprint density at radius 1 is 1.33 bits per heavy atom. The number of fused-ring (bicyclic) bond motifs is 1. The first-order valence-corrected chi connectivity index (χ1v) is 4.24. The van der Waals surface area contributed by atoms with Crippen molar-refractivity contribution in [2.45, 2.75) is 0 Å². The van der Waals surface area contributed by atoms with Gasteiger partial charge in [-0.15, -0.1) is 0 Å². The molecule has 1 aliphatic heterocycles. The van der Waals surface area contributed by atoms with Gasteiger partial charge < -0.3 is 4.79 Å². The van der Waals surface area contributed by atoms with Crippen LogP contribution >= 0.6 is 0 Å². The standard InChI is InChI=1S/C10H6FNO3/c11-6-1-2-7-8(5-6)12(3-4-13)10(15)9(7)14/h1-2,4-5H,3H2. The summed E-state index contributed by atoms with van der Waals surface area (Å²) in [6, 6.07) is 3.42. The lowest BCUT2D eigenvalue weighted by Crippen LogP contribution is -2.31. The van der Waals surface area contributed by atoms with Crippen molar-refractivity contribution in [2.24, 2.45) is 0 Å². The van der Waals surface area contributed by atoms with Gasteiger partial charge in [0.2, 0.25) is 0 Å². The molecule has 0 fully saturated rings. The van der Waals surface area contributed by atoms with Crippen LogP contribution in [0.15, 0.2) is 18.2 Å². The zero-order chi connectivity index (χ0) is 11.0. The van der Waals surface area contributed by atoms with E-state index in [2.05, 4.69) is 0 Å². The third kappa shape index (κ3) is 1.32. The van der Waals surface area contributed by atoms with E-state index in [-0.39, 0.29) is 17.8 Å². The number of benzene rings is 1. The molecule has 1 aromatic rings. The number of hydrogen-bond acceptors (Lipinski definition) is 3. The minimum atomic E-state index is -0.789. The number of nitrogens with zero attached hydrogens (tertiary/aromatic N) is 1. The maximum atomic E-state index is 12.9. The van der Waals surface area contributed by atoms with Gasteiger partial charge in [-0.1, -0.05) is 0 Å². The second kappa shape index (κ2) is 3.27. The van der Waals surface area contributed by atoms with Crippen LogP contribution in [0.5, 0.6) is 0 Å². The van der Waals surface area contributed by atoms with Crippen LogP contribution in [0.25, 0.3) is 0 Å². The molecule has 0 N–H and O–H groups in total. The molecule has 0 aliphatic carbocycles. The highest BCUT2D eigenvalue weighted by atomic mass is 19.1. The van der Waals surface area contributed by atoms with Crippen LogP contribution in [-0.2, 0) is 9.59 Å². The molecular weight excluding hydrogens is 201 g/mol. The number of aldehydes is 1. The third-order valence-electron chi connectivity index (χ3n) is 2.19. The lowest BCUT2D eigenvalue weighted by atomic mass is 10.1. The molecule has 0 spiro atoms. The number of rotatable bonds is 2. The second-order valence-corrected chi connectivity index (χ2v) is 3.07. The molecule has 76 valence electrons. The van der Waals surface area contributed by atoms with E-state index < -0.39 is 17.5 Å². The highest BCUT2D eigenvalue weighted by Crippen LogP contribution is 2.28. The summed E-state index contributed by atoms with van der Waals surface area (Å²) in [4.78, 5) is 34.0. The Bertz CT molecular complexity index is 470. The van der Waals surface area contributed by atoms with Crippen LogP contribution < -0.4 is 4.90 Å². The number of halogens is 1. The van der Waals surface area contributed by atoms with Gasteiger partial charge in [0.25, 0.3) is 11.7 Å². The van der Waals surface area contributed by atoms with Gasteiger partial charge in [-0.05, 0) is 18.2 Å². The summed E-state index contributed by atoms with van der Waals surface area (Å²) in [7, 11) is 0. The molecule has 0 radical (unpaired) electrons. The van der Waals surface area contributed by atoms with Gasteiger partial charge in [-0.3, -0.25) is 14.5 Å². The number of Topliss-reactive ketones (excluding diaryl/α,β-unsaturated/α-hetero) is 1. The third-order valence-corrected chi connectivity index (χ3v) is 2.19. The van der Waals surface area contributed by atoms with E-state index in [1.807, 2.05) is 0 Å². The van der Waals surface area contributed by atoms with E-state index >= 15 is 0 Å². The van der Waals surface area contributed by atoms with Crippen LogP contribution in [-0.4, -0.2) is 24.5 Å². The molecule has 0 bridgehead atoms. The molecule has 4 nitrogen and oxygen atoms in total. The molecule has 15 heavy (non-hydrogen) atoms. The molecule has 0 saturated heterocycles. The molecule has 0 atom stereocenters. The molecule has 2 rings (SSSR count). The average molecular weight is 207 g/mol. The van der Waals surface area contributed by atoms with Gasteiger partial charge in [0, 0.05) is 0 Å². The van der Waals surface area contributed by atoms with Gasteiger partial charge in [0.05, 0.1) is 17.8 Å². The fraction of sp³-hybridized carbons (Fsp3) is 0.100. The molecule has 1 heterocycles. The van der Waals surface area contributed by atoms with E-state index in [0.717, 1.165) is 17.0 Å². The van der Waals surface area contributed by atoms with Crippen LogP contribution in [0.3, 0.4) is 0 Å². The zero-order valence-electron chi connectivity index (χ0n) is 7.57. The minimum Gasteiger partial charge on any atom is -0.301 e. The largest absolute Gasteiger partial charge is 0.301 e. The fourth-order valence-electron chi connectivity index (χ4n) is 1.52. The van der Waals surface area contributed by atoms with Gasteiger partial charge >= 0.3 is 0 Å².